The third kappa shape index (κ3) is 6.95. The van der Waals surface area contributed by atoms with Crippen LogP contribution in [0.4, 0.5) is 13.2 Å². The number of carboxylic acids is 1. The fourth-order valence-corrected chi connectivity index (χ4v) is 5.50. The molecule has 2 aliphatic rings. The van der Waals surface area contributed by atoms with Gasteiger partial charge in [0.1, 0.15) is 11.4 Å². The van der Waals surface area contributed by atoms with Crippen molar-refractivity contribution in [3.63, 3.8) is 0 Å². The van der Waals surface area contributed by atoms with Gasteiger partial charge in [0.25, 0.3) is 11.8 Å². The van der Waals surface area contributed by atoms with Crippen LogP contribution >= 0.6 is 0 Å². The largest absolute Gasteiger partial charge is 1.00 e. The van der Waals surface area contributed by atoms with Gasteiger partial charge in [-0.25, -0.2) is 0 Å². The maximum atomic E-state index is 14.0. The van der Waals surface area contributed by atoms with Crippen LogP contribution in [-0.2, 0) is 15.8 Å². The number of aliphatic imine (C=N–C) groups is 1. The third-order valence-corrected chi connectivity index (χ3v) is 7.35. The van der Waals surface area contributed by atoms with Crippen molar-refractivity contribution in [1.29, 1.82) is 0 Å². The molecule has 1 aliphatic carbocycles. The van der Waals surface area contributed by atoms with Gasteiger partial charge in [-0.3, -0.25) is 14.6 Å². The molecule has 1 atom stereocenters. The average molecular weight is 566 g/mol. The number of nitrogens with one attached hydrogen (secondary N) is 1. The van der Waals surface area contributed by atoms with Gasteiger partial charge in [-0.2, -0.15) is 13.2 Å². The van der Waals surface area contributed by atoms with Gasteiger partial charge in [-0.1, -0.05) is 44.0 Å². The van der Waals surface area contributed by atoms with E-state index in [9.17, 15) is 32.7 Å². The summed E-state index contributed by atoms with van der Waals surface area (Å²) in [4.78, 5) is 43.6. The average Bonchev–Trinajstić information content (AvgIpc) is 3.18. The number of hydrogen-bond donors (Lipinski definition) is 1. The molecule has 1 heterocycles. The van der Waals surface area contributed by atoms with Crippen molar-refractivity contribution in [3.8, 4) is 0 Å². The summed E-state index contributed by atoms with van der Waals surface area (Å²) in [5.41, 5.74) is -0.325. The van der Waals surface area contributed by atoms with Crippen LogP contribution in [-0.4, -0.2) is 40.6 Å². The molecule has 0 bridgehead atoms. The van der Waals surface area contributed by atoms with Crippen LogP contribution in [0.25, 0.3) is 0 Å². The molecule has 4 rings (SSSR count). The van der Waals surface area contributed by atoms with E-state index in [-0.39, 0.29) is 59.8 Å². The Kier molecular flexibility index (Phi) is 10.6. The first-order valence-corrected chi connectivity index (χ1v) is 13.2. The molecule has 0 aromatic heterocycles. The molecular weight excluding hydrogens is 534 g/mol. The van der Waals surface area contributed by atoms with Crippen LogP contribution in [0.3, 0.4) is 0 Å². The van der Waals surface area contributed by atoms with Crippen molar-refractivity contribution in [1.82, 2.24) is 10.2 Å². The van der Waals surface area contributed by atoms with Gasteiger partial charge in [0, 0.05) is 30.1 Å². The van der Waals surface area contributed by atoms with Gasteiger partial charge in [-0.15, -0.1) is 0 Å². The first-order chi connectivity index (χ1) is 18.6. The summed E-state index contributed by atoms with van der Waals surface area (Å²) in [5.74, 6) is -2.07. The van der Waals surface area contributed by atoms with Gasteiger partial charge in [0.15, 0.2) is 0 Å². The number of nitrogens with zero attached hydrogens (tertiary/aromatic N) is 2. The van der Waals surface area contributed by atoms with Gasteiger partial charge in [0.2, 0.25) is 0 Å². The maximum absolute atomic E-state index is 14.0. The van der Waals surface area contributed by atoms with E-state index < -0.39 is 35.2 Å². The monoisotopic (exact) mass is 565 g/mol. The number of benzene rings is 2. The summed E-state index contributed by atoms with van der Waals surface area (Å²) in [6.07, 6.45) is 0.476. The van der Waals surface area contributed by atoms with E-state index in [4.69, 9.17) is 4.99 Å². The van der Waals surface area contributed by atoms with E-state index in [1.807, 2.05) is 6.92 Å². The molecule has 1 spiro atoms. The molecule has 1 N–H and O–H groups in total. The molecule has 11 heteroatoms. The Balaban J connectivity index is 0.00000441. The summed E-state index contributed by atoms with van der Waals surface area (Å²) in [6.45, 7) is 1.94. The van der Waals surface area contributed by atoms with Crippen molar-refractivity contribution in [2.24, 2.45) is 4.99 Å². The topological polar surface area (TPSA) is 102 Å². The molecule has 0 radical (unpaired) electrons. The van der Waals surface area contributed by atoms with E-state index in [1.54, 1.807) is 29.2 Å². The van der Waals surface area contributed by atoms with Crippen LogP contribution in [0.5, 0.6) is 0 Å². The first-order valence-electron chi connectivity index (χ1n) is 13.2. The molecule has 2 aromatic rings. The van der Waals surface area contributed by atoms with E-state index in [1.165, 1.54) is 12.1 Å². The predicted molar refractivity (Wildman–Crippen MR) is 137 cm³/mol. The van der Waals surface area contributed by atoms with Crippen molar-refractivity contribution >= 4 is 23.5 Å². The zero-order valence-electron chi connectivity index (χ0n) is 22.7. The molecule has 0 saturated heterocycles. The van der Waals surface area contributed by atoms with Crippen molar-refractivity contribution in [3.05, 3.63) is 70.8 Å². The van der Waals surface area contributed by atoms with Gasteiger partial charge >= 0.3 is 35.7 Å². The zero-order valence-corrected chi connectivity index (χ0v) is 24.7. The number of aliphatic carboxylic acids is 1. The smallest absolute Gasteiger partial charge is 0.550 e. The Bertz CT molecular complexity index is 1260. The zero-order chi connectivity index (χ0) is 28.2. The van der Waals surface area contributed by atoms with Gasteiger partial charge < -0.3 is 20.1 Å². The number of hydrogen-bond acceptors (Lipinski definition) is 5. The van der Waals surface area contributed by atoms with Gasteiger partial charge in [-0.05, 0) is 61.9 Å². The second-order valence-corrected chi connectivity index (χ2v) is 10.1. The first kappa shape index (κ1) is 31.8. The Morgan fingerprint density at radius 3 is 2.38 bits per heavy atom. The van der Waals surface area contributed by atoms with E-state index in [0.29, 0.717) is 24.8 Å². The molecule has 2 amide bonds. The van der Waals surface area contributed by atoms with Crippen LogP contribution < -0.4 is 40.0 Å². The minimum atomic E-state index is -4.54. The summed E-state index contributed by atoms with van der Waals surface area (Å²) < 4.78 is 40.3. The van der Waals surface area contributed by atoms with Crippen LogP contribution in [0.1, 0.15) is 91.4 Å². The fourth-order valence-electron chi connectivity index (χ4n) is 5.50. The van der Waals surface area contributed by atoms with E-state index in [0.717, 1.165) is 43.4 Å². The molecular formula is C29H31F3N3NaO4. The Morgan fingerprint density at radius 2 is 1.77 bits per heavy atom. The third-order valence-electron chi connectivity index (χ3n) is 7.35. The fraction of sp³-hybridized carbons (Fsp3) is 0.448. The number of halogens is 3. The number of carbonyl (C=O) groups is 3. The summed E-state index contributed by atoms with van der Waals surface area (Å²) >= 11 is 0. The summed E-state index contributed by atoms with van der Waals surface area (Å²) in [6, 6.07) is 11.1. The molecule has 1 saturated carbocycles. The van der Waals surface area contributed by atoms with Crippen molar-refractivity contribution < 1.29 is 62.2 Å². The van der Waals surface area contributed by atoms with Crippen molar-refractivity contribution in [2.75, 3.05) is 6.54 Å². The standard InChI is InChI=1S/C29H32F3N3O4.Na/c1-2-7-23(19-10-12-20(13-11-19)26(38)33-17-14-24(36)37)35-27(39)25(34-28(35)15-4-3-5-16-28)21-8-6-9-22(18-21)29(30,31)32;/h6,8-13,18,23H,2-5,7,14-17H2,1H3,(H,33,38)(H,36,37);/q;+1/p-1/t23-;/m1./s1. The second kappa shape index (κ2) is 13.3. The number of alkyl halides is 3. The van der Waals surface area contributed by atoms with Crippen LogP contribution in [0.15, 0.2) is 53.5 Å². The maximum Gasteiger partial charge on any atom is 1.00 e. The van der Waals surface area contributed by atoms with Crippen LogP contribution in [0, 0.1) is 0 Å². The summed E-state index contributed by atoms with van der Waals surface area (Å²) in [7, 11) is 0. The molecule has 2 aromatic carbocycles. The Labute approximate surface area is 253 Å². The van der Waals surface area contributed by atoms with Gasteiger partial charge in [0.05, 0.1) is 11.6 Å². The molecule has 40 heavy (non-hydrogen) atoms. The Morgan fingerprint density at radius 1 is 1.10 bits per heavy atom. The van der Waals surface area contributed by atoms with E-state index >= 15 is 0 Å². The normalized spacial score (nSPS) is 17.2. The summed E-state index contributed by atoms with van der Waals surface area (Å²) in [5, 5.41) is 13.1. The molecule has 0 unspecified atom stereocenters. The minimum absolute atomic E-state index is 0. The minimum Gasteiger partial charge on any atom is -0.550 e. The number of carboxylic acid groups (broad SMARTS) is 1. The van der Waals surface area contributed by atoms with Crippen LogP contribution in [0.2, 0.25) is 0 Å². The molecule has 7 nitrogen and oxygen atoms in total. The number of rotatable bonds is 9. The molecule has 208 valence electrons. The number of amides is 2. The molecule has 1 fully saturated rings. The van der Waals surface area contributed by atoms with Crippen molar-refractivity contribution in [2.45, 2.75) is 76.2 Å². The predicted octanol–water partition coefficient (Wildman–Crippen LogP) is 1.41. The quantitative estimate of drug-likeness (QED) is 0.465. The Hall–Kier alpha value is -2.69. The SMILES string of the molecule is CCC[C@H](c1ccc(C(=O)NCCC(=O)[O-])cc1)N1C(=O)C(c2cccc(C(F)(F)F)c2)=NC12CCCCC2.[Na+]. The molecule has 1 aliphatic heterocycles. The van der Waals surface area contributed by atoms with E-state index in [2.05, 4.69) is 5.32 Å². The number of carbonyl (C=O) groups excluding carboxylic acids is 3. The second-order valence-electron chi connectivity index (χ2n) is 10.1.